The molecular formula is C16H17F3N4O3S. The van der Waals surface area contributed by atoms with Crippen LogP contribution in [-0.4, -0.2) is 47.2 Å². The van der Waals surface area contributed by atoms with Crippen LogP contribution in [-0.2, 0) is 9.59 Å². The normalized spacial score (nSPS) is 17.8. The average Bonchev–Trinajstić information content (AvgIpc) is 3.01. The molecule has 0 spiro atoms. The van der Waals surface area contributed by atoms with E-state index in [2.05, 4.69) is 15.0 Å². The van der Waals surface area contributed by atoms with Gasteiger partial charge in [0.1, 0.15) is 11.8 Å². The maximum Gasteiger partial charge on any atom is 0.573 e. The molecule has 1 fully saturated rings. The Morgan fingerprint density at radius 3 is 2.85 bits per heavy atom. The number of amides is 2. The van der Waals surface area contributed by atoms with E-state index in [1.807, 2.05) is 0 Å². The van der Waals surface area contributed by atoms with Crippen LogP contribution in [0.25, 0.3) is 10.2 Å². The van der Waals surface area contributed by atoms with Crippen molar-refractivity contribution in [2.75, 3.05) is 18.4 Å². The summed E-state index contributed by atoms with van der Waals surface area (Å²) >= 11 is 1.03. The summed E-state index contributed by atoms with van der Waals surface area (Å²) in [6.07, 6.45) is -2.65. The third-order valence-electron chi connectivity index (χ3n) is 4.12. The molecule has 3 rings (SSSR count). The lowest BCUT2D eigenvalue weighted by Gasteiger charge is -2.34. The third kappa shape index (κ3) is 4.66. The first kappa shape index (κ1) is 19.4. The molecular weight excluding hydrogens is 385 g/mol. The van der Waals surface area contributed by atoms with Gasteiger partial charge in [-0.15, -0.1) is 13.2 Å². The van der Waals surface area contributed by atoms with E-state index < -0.39 is 12.4 Å². The molecule has 0 bridgehead atoms. The number of thiazole rings is 1. The molecule has 1 aliphatic heterocycles. The number of likely N-dealkylation sites (tertiary alicyclic amines) is 1. The van der Waals surface area contributed by atoms with Crippen molar-refractivity contribution in [2.45, 2.75) is 31.7 Å². The Balaban J connectivity index is 1.75. The number of hydrogen-bond donors (Lipinski definition) is 2. The number of nitrogens with zero attached hydrogens (tertiary/aromatic N) is 2. The van der Waals surface area contributed by atoms with Gasteiger partial charge in [0.15, 0.2) is 5.13 Å². The lowest BCUT2D eigenvalue weighted by molar-refractivity contribution is -0.274. The Labute approximate surface area is 156 Å². The van der Waals surface area contributed by atoms with Crippen LogP contribution in [0.3, 0.4) is 0 Å². The highest BCUT2D eigenvalue weighted by atomic mass is 32.1. The predicted octanol–water partition coefficient (Wildman–Crippen LogP) is 2.47. The van der Waals surface area contributed by atoms with E-state index in [9.17, 15) is 22.8 Å². The Kier molecular flexibility index (Phi) is 5.51. The Hall–Kier alpha value is -2.40. The van der Waals surface area contributed by atoms with E-state index in [4.69, 9.17) is 5.73 Å². The summed E-state index contributed by atoms with van der Waals surface area (Å²) in [5, 5.41) is 2.89. The topological polar surface area (TPSA) is 97.6 Å². The van der Waals surface area contributed by atoms with Gasteiger partial charge in [-0.1, -0.05) is 11.3 Å². The summed E-state index contributed by atoms with van der Waals surface area (Å²) in [7, 11) is 0. The highest BCUT2D eigenvalue weighted by Crippen LogP contribution is 2.32. The zero-order valence-corrected chi connectivity index (χ0v) is 14.9. The molecule has 2 amide bonds. The molecule has 7 nitrogen and oxygen atoms in total. The van der Waals surface area contributed by atoms with Crippen molar-refractivity contribution in [3.63, 3.8) is 0 Å². The van der Waals surface area contributed by atoms with Gasteiger partial charge in [0.25, 0.3) is 0 Å². The standard InChI is InChI=1S/C16H17F3N4O3S/c17-16(18,19)26-9-4-5-10-12(7-9)27-15(21-10)22-14(25)11-3-1-2-6-23(11)13(24)8-20/h4-5,7,11H,1-3,6,8,20H2,(H,21,22,25)/t11-/m1/s1. The molecule has 0 unspecified atom stereocenters. The number of carbonyl (C=O) groups excluding carboxylic acids is 2. The van der Waals surface area contributed by atoms with Crippen LogP contribution >= 0.6 is 11.3 Å². The van der Waals surface area contributed by atoms with Crippen LogP contribution in [0, 0.1) is 0 Å². The quantitative estimate of drug-likeness (QED) is 0.819. The van der Waals surface area contributed by atoms with E-state index >= 15 is 0 Å². The van der Waals surface area contributed by atoms with Crippen LogP contribution in [0.5, 0.6) is 5.75 Å². The van der Waals surface area contributed by atoms with Gasteiger partial charge < -0.3 is 20.7 Å². The minimum atomic E-state index is -4.78. The SMILES string of the molecule is NCC(=O)N1CCCC[C@@H]1C(=O)Nc1nc2ccc(OC(F)(F)F)cc2s1. The van der Waals surface area contributed by atoms with Crippen molar-refractivity contribution in [2.24, 2.45) is 5.73 Å². The van der Waals surface area contributed by atoms with Crippen LogP contribution < -0.4 is 15.8 Å². The number of aromatic nitrogens is 1. The van der Waals surface area contributed by atoms with Gasteiger partial charge in [-0.3, -0.25) is 9.59 Å². The van der Waals surface area contributed by atoms with Crippen molar-refractivity contribution in [3.8, 4) is 5.75 Å². The summed E-state index contributed by atoms with van der Waals surface area (Å²) in [6.45, 7) is 0.291. The molecule has 0 radical (unpaired) electrons. The van der Waals surface area contributed by atoms with E-state index in [0.717, 1.165) is 30.2 Å². The number of piperidine rings is 1. The van der Waals surface area contributed by atoms with E-state index in [-0.39, 0.29) is 29.2 Å². The zero-order chi connectivity index (χ0) is 19.6. The number of benzene rings is 1. The zero-order valence-electron chi connectivity index (χ0n) is 14.1. The number of anilines is 1. The number of halogens is 3. The lowest BCUT2D eigenvalue weighted by atomic mass is 10.0. The molecule has 1 saturated heterocycles. The van der Waals surface area contributed by atoms with Crippen LogP contribution in [0.2, 0.25) is 0 Å². The number of ether oxygens (including phenoxy) is 1. The van der Waals surface area contributed by atoms with E-state index in [0.29, 0.717) is 23.2 Å². The van der Waals surface area contributed by atoms with Gasteiger partial charge in [-0.25, -0.2) is 4.98 Å². The van der Waals surface area contributed by atoms with Gasteiger partial charge in [0, 0.05) is 12.6 Å². The molecule has 1 aliphatic rings. The second-order valence-electron chi connectivity index (χ2n) is 5.99. The third-order valence-corrected chi connectivity index (χ3v) is 5.06. The molecule has 27 heavy (non-hydrogen) atoms. The fourth-order valence-corrected chi connectivity index (χ4v) is 3.86. The first-order valence-electron chi connectivity index (χ1n) is 8.23. The summed E-state index contributed by atoms with van der Waals surface area (Å²) in [5.74, 6) is -1.04. The van der Waals surface area contributed by atoms with Gasteiger partial charge in [0.05, 0.1) is 16.8 Å². The molecule has 2 heterocycles. The molecule has 146 valence electrons. The highest BCUT2D eigenvalue weighted by molar-refractivity contribution is 7.22. The second kappa shape index (κ2) is 7.69. The van der Waals surface area contributed by atoms with Crippen LogP contribution in [0.15, 0.2) is 18.2 Å². The van der Waals surface area contributed by atoms with Crippen molar-refractivity contribution < 1.29 is 27.5 Å². The lowest BCUT2D eigenvalue weighted by Crippen LogP contribution is -2.51. The maximum absolute atomic E-state index is 12.6. The molecule has 2 aromatic rings. The van der Waals surface area contributed by atoms with Crippen LogP contribution in [0.4, 0.5) is 18.3 Å². The Morgan fingerprint density at radius 1 is 1.37 bits per heavy atom. The minimum absolute atomic E-state index is 0.174. The van der Waals surface area contributed by atoms with Crippen molar-refractivity contribution in [3.05, 3.63) is 18.2 Å². The number of hydrogen-bond acceptors (Lipinski definition) is 6. The number of nitrogens with one attached hydrogen (secondary N) is 1. The fraction of sp³-hybridized carbons (Fsp3) is 0.438. The van der Waals surface area contributed by atoms with Gasteiger partial charge in [-0.2, -0.15) is 0 Å². The van der Waals surface area contributed by atoms with Gasteiger partial charge >= 0.3 is 6.36 Å². The van der Waals surface area contributed by atoms with Gasteiger partial charge in [-0.05, 0) is 31.4 Å². The Morgan fingerprint density at radius 2 is 2.15 bits per heavy atom. The summed E-state index contributed by atoms with van der Waals surface area (Å²) < 4.78 is 41.3. The van der Waals surface area contributed by atoms with E-state index in [1.54, 1.807) is 0 Å². The molecule has 0 saturated carbocycles. The van der Waals surface area contributed by atoms with Crippen molar-refractivity contribution in [1.29, 1.82) is 0 Å². The first-order chi connectivity index (χ1) is 12.8. The minimum Gasteiger partial charge on any atom is -0.406 e. The summed E-state index contributed by atoms with van der Waals surface area (Å²) in [6, 6.07) is 3.11. The Bertz CT molecular complexity index is 855. The monoisotopic (exact) mass is 402 g/mol. The molecule has 1 aromatic carbocycles. The van der Waals surface area contributed by atoms with Crippen molar-refractivity contribution in [1.82, 2.24) is 9.88 Å². The number of alkyl halides is 3. The highest BCUT2D eigenvalue weighted by Gasteiger charge is 2.32. The predicted molar refractivity (Wildman–Crippen MR) is 93.3 cm³/mol. The molecule has 1 aromatic heterocycles. The smallest absolute Gasteiger partial charge is 0.406 e. The summed E-state index contributed by atoms with van der Waals surface area (Å²) in [5.41, 5.74) is 5.84. The average molecular weight is 402 g/mol. The number of carbonyl (C=O) groups is 2. The first-order valence-corrected chi connectivity index (χ1v) is 9.05. The fourth-order valence-electron chi connectivity index (χ4n) is 2.96. The second-order valence-corrected chi connectivity index (χ2v) is 7.02. The van der Waals surface area contributed by atoms with E-state index in [1.165, 1.54) is 17.0 Å². The number of nitrogens with two attached hydrogens (primary N) is 1. The van der Waals surface area contributed by atoms with Crippen molar-refractivity contribution >= 4 is 38.5 Å². The molecule has 3 N–H and O–H groups in total. The maximum atomic E-state index is 12.6. The summed E-state index contributed by atoms with van der Waals surface area (Å²) in [4.78, 5) is 30.2. The molecule has 1 atom stereocenters. The number of rotatable bonds is 4. The molecule has 0 aliphatic carbocycles. The number of fused-ring (bicyclic) bond motifs is 1. The van der Waals surface area contributed by atoms with Gasteiger partial charge in [0.2, 0.25) is 11.8 Å². The van der Waals surface area contributed by atoms with Crippen LogP contribution in [0.1, 0.15) is 19.3 Å². The largest absolute Gasteiger partial charge is 0.573 e. The molecule has 11 heteroatoms.